The van der Waals surface area contributed by atoms with Crippen LogP contribution in [-0.4, -0.2) is 68.4 Å². The van der Waals surface area contributed by atoms with Crippen molar-refractivity contribution in [3.05, 3.63) is 82.4 Å². The van der Waals surface area contributed by atoms with Crippen molar-refractivity contribution in [1.82, 2.24) is 0 Å². The number of aliphatic hydroxyl groups excluding tert-OH is 2. The number of aromatic hydroxyl groups is 8. The third kappa shape index (κ3) is 4.13. The molecule has 0 radical (unpaired) electrons. The van der Waals surface area contributed by atoms with Crippen LogP contribution in [-0.2, 0) is 12.0 Å². The Hall–Kier alpha value is -5.24. The van der Waals surface area contributed by atoms with Crippen LogP contribution in [0.4, 0.5) is 0 Å². The van der Waals surface area contributed by atoms with Crippen LogP contribution >= 0.6 is 0 Å². The van der Waals surface area contributed by atoms with Gasteiger partial charge in [0, 0.05) is 23.1 Å². The van der Waals surface area contributed by atoms with Crippen molar-refractivity contribution in [2.24, 2.45) is 0 Å². The molecule has 4 aromatic carbocycles. The van der Waals surface area contributed by atoms with Crippen LogP contribution in [0.15, 0.2) is 54.6 Å². The molecule has 11 N–H and O–H groups in total. The molecule has 0 aromatic heterocycles. The van der Waals surface area contributed by atoms with Crippen LogP contribution in [0.3, 0.4) is 0 Å². The average Bonchev–Trinajstić information content (AvgIpc) is 2.97. The number of phenols is 8. The van der Waals surface area contributed by atoms with E-state index in [1.165, 1.54) is 30.3 Å². The molecule has 0 saturated heterocycles. The Kier molecular flexibility index (Phi) is 6.27. The summed E-state index contributed by atoms with van der Waals surface area (Å²) in [5.41, 5.74) is -3.06. The molecule has 13 nitrogen and oxygen atoms in total. The summed E-state index contributed by atoms with van der Waals surface area (Å²) in [5.74, 6) is -5.92. The fraction of sp³-hybridized carbons (Fsp3) is 0.200. The zero-order valence-corrected chi connectivity index (χ0v) is 21.9. The summed E-state index contributed by atoms with van der Waals surface area (Å²) < 4.78 is 11.6. The highest BCUT2D eigenvalue weighted by molar-refractivity contribution is 5.67. The monoisotopic (exact) mass is 594 g/mol. The molecule has 2 aliphatic rings. The van der Waals surface area contributed by atoms with Gasteiger partial charge >= 0.3 is 0 Å². The van der Waals surface area contributed by atoms with E-state index in [0.29, 0.717) is 0 Å². The summed E-state index contributed by atoms with van der Waals surface area (Å²) in [6.45, 7) is 0. The van der Waals surface area contributed by atoms with E-state index >= 15 is 0 Å². The van der Waals surface area contributed by atoms with Gasteiger partial charge < -0.3 is 65.6 Å². The number of rotatable bonds is 3. The SMILES string of the molecule is Oc1ccc(C2Oc3c(cc(C4(O)c5ccc(O)c(O)c5OC(c5ccc(O)c(O)c5)C4O)c(O)c3O)CC2O)cc1O. The van der Waals surface area contributed by atoms with E-state index in [-0.39, 0.29) is 34.4 Å². The molecule has 0 aliphatic carbocycles. The van der Waals surface area contributed by atoms with Gasteiger partial charge in [-0.3, -0.25) is 0 Å². The largest absolute Gasteiger partial charge is 0.504 e. The first-order chi connectivity index (χ1) is 20.3. The third-order valence-corrected chi connectivity index (χ3v) is 7.88. The molecular formula is C30H26O13. The summed E-state index contributed by atoms with van der Waals surface area (Å²) in [7, 11) is 0. The standard InChI is InChI=1S/C30H26O13/c31-16-4-1-11(8-19(16)34)25-21(36)10-13-7-15(22(37)24(39)26(13)42-25)30(41)14-3-6-18(33)23(38)28(14)43-27(29(30)40)12-2-5-17(32)20(35)9-12/h1-9,21,25,27,29,31-41H,10H2. The van der Waals surface area contributed by atoms with Crippen molar-refractivity contribution in [2.45, 2.75) is 36.4 Å². The van der Waals surface area contributed by atoms with E-state index < -0.39 is 87.3 Å². The lowest BCUT2D eigenvalue weighted by atomic mass is 9.74. The highest BCUT2D eigenvalue weighted by atomic mass is 16.5. The number of aliphatic hydroxyl groups is 3. The fourth-order valence-corrected chi connectivity index (χ4v) is 5.64. The van der Waals surface area contributed by atoms with Gasteiger partial charge in [0.05, 0.1) is 6.10 Å². The Labute approximate surface area is 242 Å². The van der Waals surface area contributed by atoms with E-state index in [9.17, 15) is 56.2 Å². The number of hydrogen-bond donors (Lipinski definition) is 11. The van der Waals surface area contributed by atoms with Gasteiger partial charge in [-0.15, -0.1) is 0 Å². The molecule has 13 heteroatoms. The summed E-state index contributed by atoms with van der Waals surface area (Å²) in [6, 6.07) is 10.5. The number of phenolic OH excluding ortho intramolecular Hbond substituents is 8. The first-order valence-electron chi connectivity index (χ1n) is 12.9. The van der Waals surface area contributed by atoms with E-state index in [1.807, 2.05) is 0 Å². The Morgan fingerprint density at radius 3 is 1.72 bits per heavy atom. The second-order valence-corrected chi connectivity index (χ2v) is 10.5. The smallest absolute Gasteiger partial charge is 0.201 e. The normalized spacial score (nSPS) is 24.3. The highest BCUT2D eigenvalue weighted by Crippen LogP contribution is 2.58. The van der Waals surface area contributed by atoms with Gasteiger partial charge in [-0.1, -0.05) is 12.1 Å². The first kappa shape index (κ1) is 27.9. The van der Waals surface area contributed by atoms with Gasteiger partial charge in [-0.25, -0.2) is 0 Å². The molecular weight excluding hydrogens is 568 g/mol. The van der Waals surface area contributed by atoms with Gasteiger partial charge in [0.2, 0.25) is 11.5 Å². The summed E-state index contributed by atoms with van der Waals surface area (Å²) in [5, 5.41) is 117. The Bertz CT molecular complexity index is 1770. The highest BCUT2D eigenvalue weighted by Gasteiger charge is 2.54. The van der Waals surface area contributed by atoms with Crippen LogP contribution < -0.4 is 9.47 Å². The summed E-state index contributed by atoms with van der Waals surface area (Å²) in [6.07, 6.45) is -6.18. The van der Waals surface area contributed by atoms with E-state index in [0.717, 1.165) is 24.3 Å². The van der Waals surface area contributed by atoms with E-state index in [2.05, 4.69) is 0 Å². The lowest BCUT2D eigenvalue weighted by Gasteiger charge is -2.44. The van der Waals surface area contributed by atoms with Crippen LogP contribution in [0.25, 0.3) is 0 Å². The average molecular weight is 595 g/mol. The molecule has 2 aliphatic heterocycles. The Morgan fingerprint density at radius 1 is 0.558 bits per heavy atom. The van der Waals surface area contributed by atoms with E-state index in [4.69, 9.17) is 9.47 Å². The predicted molar refractivity (Wildman–Crippen MR) is 145 cm³/mol. The minimum absolute atomic E-state index is 0.0232. The van der Waals surface area contributed by atoms with Gasteiger partial charge in [0.15, 0.2) is 63.8 Å². The quantitative estimate of drug-likeness (QED) is 0.152. The zero-order valence-electron chi connectivity index (χ0n) is 21.9. The minimum Gasteiger partial charge on any atom is -0.504 e. The molecule has 5 unspecified atom stereocenters. The first-order valence-corrected chi connectivity index (χ1v) is 12.9. The lowest BCUT2D eigenvalue weighted by Crippen LogP contribution is -2.49. The van der Waals surface area contributed by atoms with Crippen molar-refractivity contribution in [3.63, 3.8) is 0 Å². The third-order valence-electron chi connectivity index (χ3n) is 7.88. The van der Waals surface area contributed by atoms with Crippen LogP contribution in [0, 0.1) is 0 Å². The zero-order chi connectivity index (χ0) is 31.0. The lowest BCUT2D eigenvalue weighted by molar-refractivity contribution is -0.121. The van der Waals surface area contributed by atoms with Crippen molar-refractivity contribution in [2.75, 3.05) is 0 Å². The molecule has 0 bridgehead atoms. The van der Waals surface area contributed by atoms with Gasteiger partial charge in [0.1, 0.15) is 6.10 Å². The van der Waals surface area contributed by atoms with Crippen molar-refractivity contribution in [1.29, 1.82) is 0 Å². The number of hydrogen-bond acceptors (Lipinski definition) is 13. The van der Waals surface area contributed by atoms with Crippen molar-refractivity contribution >= 4 is 0 Å². The van der Waals surface area contributed by atoms with E-state index in [1.54, 1.807) is 0 Å². The molecule has 0 spiro atoms. The topological polar surface area (TPSA) is 241 Å². The fourth-order valence-electron chi connectivity index (χ4n) is 5.64. The maximum absolute atomic E-state index is 12.2. The predicted octanol–water partition coefficient (Wildman–Crippen LogP) is 2.10. The van der Waals surface area contributed by atoms with Gasteiger partial charge in [-0.05, 0) is 53.6 Å². The second-order valence-electron chi connectivity index (χ2n) is 10.5. The number of fused-ring (bicyclic) bond motifs is 2. The van der Waals surface area contributed by atoms with Gasteiger partial charge in [-0.2, -0.15) is 0 Å². The summed E-state index contributed by atoms with van der Waals surface area (Å²) in [4.78, 5) is 0. The maximum Gasteiger partial charge on any atom is 0.201 e. The van der Waals surface area contributed by atoms with Crippen LogP contribution in [0.2, 0.25) is 0 Å². The summed E-state index contributed by atoms with van der Waals surface area (Å²) >= 11 is 0. The maximum atomic E-state index is 12.2. The van der Waals surface area contributed by atoms with Crippen LogP contribution in [0.1, 0.15) is 40.0 Å². The van der Waals surface area contributed by atoms with Gasteiger partial charge in [0.25, 0.3) is 0 Å². The Balaban J connectivity index is 1.51. The molecule has 0 amide bonds. The van der Waals surface area contributed by atoms with Crippen molar-refractivity contribution < 1.29 is 65.6 Å². The Morgan fingerprint density at radius 2 is 1.12 bits per heavy atom. The minimum atomic E-state index is -2.65. The number of benzene rings is 4. The molecule has 224 valence electrons. The molecule has 0 fully saturated rings. The molecule has 4 aromatic rings. The van der Waals surface area contributed by atoms with Crippen LogP contribution in [0.5, 0.6) is 57.5 Å². The molecule has 0 saturated carbocycles. The second kappa shape index (κ2) is 9.66. The molecule has 6 rings (SSSR count). The molecule has 5 atom stereocenters. The number of ether oxygens (including phenoxy) is 2. The van der Waals surface area contributed by atoms with Crippen molar-refractivity contribution in [3.8, 4) is 57.5 Å². The molecule has 2 heterocycles. The molecule has 43 heavy (non-hydrogen) atoms.